The van der Waals surface area contributed by atoms with Crippen molar-refractivity contribution in [2.75, 3.05) is 13.7 Å². The first kappa shape index (κ1) is 14.4. The molecular weight excluding hydrogens is 284 g/mol. The minimum Gasteiger partial charge on any atom is -0.383 e. The Morgan fingerprint density at radius 2 is 2.24 bits per heavy atom. The SMILES string of the molecule is COCCn1cnc(CCC(C)C)c(Br)c1=O. The van der Waals surface area contributed by atoms with Gasteiger partial charge in [0.25, 0.3) is 5.56 Å². The largest absolute Gasteiger partial charge is 0.383 e. The molecule has 1 aromatic rings. The van der Waals surface area contributed by atoms with E-state index in [-0.39, 0.29) is 5.56 Å². The number of ether oxygens (including phenoxy) is 1. The van der Waals surface area contributed by atoms with Gasteiger partial charge in [-0.2, -0.15) is 0 Å². The summed E-state index contributed by atoms with van der Waals surface area (Å²) in [6, 6.07) is 0. The van der Waals surface area contributed by atoms with Gasteiger partial charge in [-0.05, 0) is 34.7 Å². The fourth-order valence-corrected chi connectivity index (χ4v) is 1.98. The Bertz CT molecular complexity index is 415. The third-order valence-electron chi connectivity index (χ3n) is 2.55. The van der Waals surface area contributed by atoms with E-state index in [2.05, 4.69) is 34.8 Å². The van der Waals surface area contributed by atoms with E-state index >= 15 is 0 Å². The fraction of sp³-hybridized carbons (Fsp3) is 0.667. The minimum absolute atomic E-state index is 0.0317. The maximum atomic E-state index is 12.0. The average molecular weight is 303 g/mol. The molecule has 0 unspecified atom stereocenters. The van der Waals surface area contributed by atoms with Crippen LogP contribution in [0.4, 0.5) is 0 Å². The summed E-state index contributed by atoms with van der Waals surface area (Å²) in [5.41, 5.74) is 0.813. The number of hydrogen-bond donors (Lipinski definition) is 0. The molecule has 0 saturated carbocycles. The first-order chi connectivity index (χ1) is 8.06. The second-order valence-corrected chi connectivity index (χ2v) is 5.22. The predicted molar refractivity (Wildman–Crippen MR) is 71.2 cm³/mol. The van der Waals surface area contributed by atoms with Gasteiger partial charge in [0.05, 0.1) is 25.2 Å². The maximum Gasteiger partial charge on any atom is 0.267 e. The van der Waals surface area contributed by atoms with Gasteiger partial charge in [0.1, 0.15) is 4.47 Å². The van der Waals surface area contributed by atoms with Crippen molar-refractivity contribution in [2.45, 2.75) is 33.2 Å². The van der Waals surface area contributed by atoms with Crippen molar-refractivity contribution in [3.63, 3.8) is 0 Å². The normalized spacial score (nSPS) is 11.1. The third-order valence-corrected chi connectivity index (χ3v) is 3.35. The number of halogens is 1. The van der Waals surface area contributed by atoms with Crippen molar-refractivity contribution in [2.24, 2.45) is 5.92 Å². The van der Waals surface area contributed by atoms with E-state index in [9.17, 15) is 4.79 Å². The molecule has 5 heteroatoms. The van der Waals surface area contributed by atoms with Crippen LogP contribution >= 0.6 is 15.9 Å². The molecule has 0 saturated heterocycles. The Kier molecular flexibility index (Phi) is 5.85. The summed E-state index contributed by atoms with van der Waals surface area (Å²) in [5, 5.41) is 0. The van der Waals surface area contributed by atoms with Crippen molar-refractivity contribution < 1.29 is 4.74 Å². The summed E-state index contributed by atoms with van der Waals surface area (Å²) in [7, 11) is 1.62. The topological polar surface area (TPSA) is 44.1 Å². The van der Waals surface area contributed by atoms with Crippen LogP contribution in [-0.2, 0) is 17.7 Å². The molecule has 1 rings (SSSR count). The zero-order valence-electron chi connectivity index (χ0n) is 10.6. The molecule has 0 bridgehead atoms. The summed E-state index contributed by atoms with van der Waals surface area (Å²) < 4.78 is 7.09. The van der Waals surface area contributed by atoms with Crippen molar-refractivity contribution in [1.29, 1.82) is 0 Å². The number of rotatable bonds is 6. The summed E-state index contributed by atoms with van der Waals surface area (Å²) in [6.45, 7) is 5.37. The van der Waals surface area contributed by atoms with Crippen molar-refractivity contribution in [3.8, 4) is 0 Å². The molecule has 17 heavy (non-hydrogen) atoms. The fourth-order valence-electron chi connectivity index (χ4n) is 1.45. The Labute approximate surface area is 110 Å². The highest BCUT2D eigenvalue weighted by molar-refractivity contribution is 9.10. The van der Waals surface area contributed by atoms with Gasteiger partial charge in [-0.3, -0.25) is 9.36 Å². The van der Waals surface area contributed by atoms with Crippen LogP contribution in [0.25, 0.3) is 0 Å². The number of hydrogen-bond acceptors (Lipinski definition) is 3. The van der Waals surface area contributed by atoms with Gasteiger partial charge in [0, 0.05) is 7.11 Å². The molecule has 0 radical (unpaired) electrons. The van der Waals surface area contributed by atoms with Gasteiger partial charge >= 0.3 is 0 Å². The highest BCUT2D eigenvalue weighted by Gasteiger charge is 2.09. The van der Waals surface area contributed by atoms with Gasteiger partial charge in [-0.25, -0.2) is 4.98 Å². The number of nitrogens with zero attached hydrogens (tertiary/aromatic N) is 2. The molecule has 4 nitrogen and oxygen atoms in total. The van der Waals surface area contributed by atoms with Crippen molar-refractivity contribution in [1.82, 2.24) is 9.55 Å². The average Bonchev–Trinajstić information content (AvgIpc) is 2.29. The Hall–Kier alpha value is -0.680. The maximum absolute atomic E-state index is 12.0. The zero-order valence-corrected chi connectivity index (χ0v) is 12.2. The van der Waals surface area contributed by atoms with Crippen LogP contribution in [0, 0.1) is 5.92 Å². The monoisotopic (exact) mass is 302 g/mol. The van der Waals surface area contributed by atoms with Crippen LogP contribution in [0.5, 0.6) is 0 Å². The highest BCUT2D eigenvalue weighted by Crippen LogP contribution is 2.13. The quantitative estimate of drug-likeness (QED) is 0.809. The highest BCUT2D eigenvalue weighted by atomic mass is 79.9. The molecular formula is C12H19BrN2O2. The van der Waals surface area contributed by atoms with Crippen LogP contribution in [0.3, 0.4) is 0 Å². The summed E-state index contributed by atoms with van der Waals surface area (Å²) in [6.07, 6.45) is 3.47. The predicted octanol–water partition coefficient (Wildman–Crippen LogP) is 2.24. The van der Waals surface area contributed by atoms with Gasteiger partial charge in [0.15, 0.2) is 0 Å². The lowest BCUT2D eigenvalue weighted by molar-refractivity contribution is 0.185. The first-order valence-electron chi connectivity index (χ1n) is 5.79. The number of aromatic nitrogens is 2. The molecule has 0 aliphatic heterocycles. The van der Waals surface area contributed by atoms with Crippen LogP contribution < -0.4 is 5.56 Å². The second-order valence-electron chi connectivity index (χ2n) is 4.43. The molecule has 0 aliphatic carbocycles. The lowest BCUT2D eigenvalue weighted by atomic mass is 10.1. The van der Waals surface area contributed by atoms with E-state index < -0.39 is 0 Å². The summed E-state index contributed by atoms with van der Waals surface area (Å²) in [5.74, 6) is 0.611. The third kappa shape index (κ3) is 4.24. The molecule has 0 fully saturated rings. The molecule has 0 amide bonds. The van der Waals surface area contributed by atoms with Gasteiger partial charge < -0.3 is 4.74 Å². The van der Waals surface area contributed by atoms with E-state index in [4.69, 9.17) is 4.74 Å². The van der Waals surface area contributed by atoms with Gasteiger partial charge in [-0.15, -0.1) is 0 Å². The Morgan fingerprint density at radius 1 is 1.53 bits per heavy atom. The lowest BCUT2D eigenvalue weighted by Gasteiger charge is -2.09. The van der Waals surface area contributed by atoms with E-state index in [1.54, 1.807) is 18.0 Å². The standard InChI is InChI=1S/C12H19BrN2O2/c1-9(2)4-5-10-11(13)12(16)15(8-14-10)6-7-17-3/h8-9H,4-7H2,1-3H3. The van der Waals surface area contributed by atoms with Crippen LogP contribution in [0.2, 0.25) is 0 Å². The second kappa shape index (κ2) is 6.91. The van der Waals surface area contributed by atoms with E-state index in [1.165, 1.54) is 0 Å². The van der Waals surface area contributed by atoms with Gasteiger partial charge in [-0.1, -0.05) is 13.8 Å². The molecule has 0 atom stereocenters. The van der Waals surface area contributed by atoms with Crippen LogP contribution in [0.1, 0.15) is 26.0 Å². The van der Waals surface area contributed by atoms with Crippen LogP contribution in [-0.4, -0.2) is 23.3 Å². The van der Waals surface area contributed by atoms with Crippen molar-refractivity contribution >= 4 is 15.9 Å². The van der Waals surface area contributed by atoms with E-state index in [0.29, 0.717) is 23.5 Å². The molecule has 0 N–H and O–H groups in total. The van der Waals surface area contributed by atoms with E-state index in [1.807, 2.05) is 0 Å². The zero-order chi connectivity index (χ0) is 12.8. The Morgan fingerprint density at radius 3 is 2.82 bits per heavy atom. The number of methoxy groups -OCH3 is 1. The molecule has 96 valence electrons. The van der Waals surface area contributed by atoms with Gasteiger partial charge in [0.2, 0.25) is 0 Å². The molecule has 0 spiro atoms. The molecule has 0 aromatic carbocycles. The molecule has 0 aliphatic rings. The summed E-state index contributed by atoms with van der Waals surface area (Å²) >= 11 is 3.34. The first-order valence-corrected chi connectivity index (χ1v) is 6.58. The van der Waals surface area contributed by atoms with Crippen LogP contribution in [0.15, 0.2) is 15.6 Å². The van der Waals surface area contributed by atoms with Crippen molar-refractivity contribution in [3.05, 3.63) is 26.8 Å². The minimum atomic E-state index is -0.0317. The smallest absolute Gasteiger partial charge is 0.267 e. The lowest BCUT2D eigenvalue weighted by Crippen LogP contribution is -2.24. The molecule has 1 aromatic heterocycles. The number of aryl methyl sites for hydroxylation is 1. The Balaban J connectivity index is 2.83. The van der Waals surface area contributed by atoms with E-state index in [0.717, 1.165) is 18.5 Å². The molecule has 1 heterocycles. The summed E-state index contributed by atoms with van der Waals surface area (Å²) in [4.78, 5) is 16.3.